The number of hydrogen-bond acceptors (Lipinski definition) is 0. The van der Waals surface area contributed by atoms with Crippen LogP contribution in [0, 0.1) is 18.6 Å². The van der Waals surface area contributed by atoms with Crippen molar-refractivity contribution < 1.29 is 22.0 Å². The first kappa shape index (κ1) is 13.5. The van der Waals surface area contributed by atoms with Gasteiger partial charge in [0.1, 0.15) is 11.6 Å². The van der Waals surface area contributed by atoms with E-state index in [0.29, 0.717) is 0 Å². The molecule has 0 bridgehead atoms. The van der Waals surface area contributed by atoms with Crippen LogP contribution >= 0.6 is 0 Å². The molecule has 0 unspecified atom stereocenters. The number of rotatable bonds is 1. The van der Waals surface area contributed by atoms with E-state index in [1.807, 2.05) is 0 Å². The molecule has 2 aromatic rings. The first-order valence-electron chi connectivity index (χ1n) is 5.43. The van der Waals surface area contributed by atoms with Crippen molar-refractivity contribution in [3.05, 3.63) is 59.2 Å². The van der Waals surface area contributed by atoms with E-state index in [1.165, 1.54) is 25.1 Å². The topological polar surface area (TPSA) is 0 Å². The summed E-state index contributed by atoms with van der Waals surface area (Å²) in [6.07, 6.45) is -4.57. The maximum Gasteiger partial charge on any atom is 0.417 e. The summed E-state index contributed by atoms with van der Waals surface area (Å²) >= 11 is 0. The molecule has 0 amide bonds. The Kier molecular flexibility index (Phi) is 3.30. The molecule has 0 saturated heterocycles. The van der Waals surface area contributed by atoms with Crippen molar-refractivity contribution in [3.63, 3.8) is 0 Å². The van der Waals surface area contributed by atoms with Gasteiger partial charge in [0.2, 0.25) is 0 Å². The number of alkyl halides is 3. The van der Waals surface area contributed by atoms with E-state index in [0.717, 1.165) is 18.2 Å². The average molecular weight is 272 g/mol. The molecule has 0 radical (unpaired) electrons. The molecule has 2 aromatic carbocycles. The Bertz CT molecular complexity index is 590. The second-order valence-electron chi connectivity index (χ2n) is 4.11. The smallest absolute Gasteiger partial charge is 0.207 e. The minimum atomic E-state index is -4.57. The van der Waals surface area contributed by atoms with Crippen LogP contribution in [0.5, 0.6) is 0 Å². The second-order valence-corrected chi connectivity index (χ2v) is 4.11. The standard InChI is InChI=1S/C14H9F5/c1-8-12(15)6-9(7-13(8)16)10-4-2-3-5-11(10)14(17,18)19/h2-7H,1H3. The summed E-state index contributed by atoms with van der Waals surface area (Å²) in [5.41, 5.74) is -1.51. The fraction of sp³-hybridized carbons (Fsp3) is 0.143. The van der Waals surface area contributed by atoms with Gasteiger partial charge in [-0.1, -0.05) is 18.2 Å². The fourth-order valence-electron chi connectivity index (χ4n) is 1.78. The summed E-state index contributed by atoms with van der Waals surface area (Å²) in [5, 5.41) is 0. The molecule has 19 heavy (non-hydrogen) atoms. The van der Waals surface area contributed by atoms with Gasteiger partial charge in [0.25, 0.3) is 0 Å². The van der Waals surface area contributed by atoms with Crippen molar-refractivity contribution in [3.8, 4) is 11.1 Å². The molecule has 0 saturated carbocycles. The van der Waals surface area contributed by atoms with E-state index in [4.69, 9.17) is 0 Å². The van der Waals surface area contributed by atoms with Gasteiger partial charge >= 0.3 is 6.18 Å². The lowest BCUT2D eigenvalue weighted by Crippen LogP contribution is -2.07. The molecule has 0 aliphatic heterocycles. The molecule has 100 valence electrons. The molecule has 0 nitrogen and oxygen atoms in total. The summed E-state index contributed by atoms with van der Waals surface area (Å²) in [4.78, 5) is 0. The molecular weight excluding hydrogens is 263 g/mol. The zero-order chi connectivity index (χ0) is 14.2. The summed E-state index contributed by atoms with van der Waals surface area (Å²) in [5.74, 6) is -1.74. The van der Waals surface area contributed by atoms with Crippen LogP contribution in [0.15, 0.2) is 36.4 Å². The minimum absolute atomic E-state index is 0.131. The molecule has 0 fully saturated rings. The van der Waals surface area contributed by atoms with Gasteiger partial charge in [-0.2, -0.15) is 13.2 Å². The summed E-state index contributed by atoms with van der Waals surface area (Å²) < 4.78 is 65.3. The maximum atomic E-state index is 13.4. The van der Waals surface area contributed by atoms with Crippen LogP contribution in [0.2, 0.25) is 0 Å². The van der Waals surface area contributed by atoms with Crippen molar-refractivity contribution >= 4 is 0 Å². The monoisotopic (exact) mass is 272 g/mol. The third-order valence-electron chi connectivity index (χ3n) is 2.82. The Morgan fingerprint density at radius 3 is 1.95 bits per heavy atom. The van der Waals surface area contributed by atoms with Gasteiger partial charge in [-0.25, -0.2) is 8.78 Å². The highest BCUT2D eigenvalue weighted by Crippen LogP contribution is 2.37. The quantitative estimate of drug-likeness (QED) is 0.644. The first-order valence-corrected chi connectivity index (χ1v) is 5.43. The third-order valence-corrected chi connectivity index (χ3v) is 2.82. The van der Waals surface area contributed by atoms with Crippen LogP contribution in [0.1, 0.15) is 11.1 Å². The lowest BCUT2D eigenvalue weighted by molar-refractivity contribution is -0.137. The molecule has 0 aromatic heterocycles. The molecule has 0 spiro atoms. The summed E-state index contributed by atoms with van der Waals surface area (Å²) in [7, 11) is 0. The zero-order valence-electron chi connectivity index (χ0n) is 9.85. The Hall–Kier alpha value is -1.91. The van der Waals surface area contributed by atoms with Gasteiger partial charge < -0.3 is 0 Å². The zero-order valence-corrected chi connectivity index (χ0v) is 9.85. The Morgan fingerprint density at radius 2 is 1.42 bits per heavy atom. The van der Waals surface area contributed by atoms with Crippen molar-refractivity contribution in [1.82, 2.24) is 0 Å². The average Bonchev–Trinajstić information content (AvgIpc) is 2.34. The van der Waals surface area contributed by atoms with Gasteiger partial charge in [-0.3, -0.25) is 0 Å². The largest absolute Gasteiger partial charge is 0.417 e. The van der Waals surface area contributed by atoms with E-state index < -0.39 is 23.4 Å². The molecular formula is C14H9F5. The molecule has 2 rings (SSSR count). The normalized spacial score (nSPS) is 11.7. The van der Waals surface area contributed by atoms with Crippen LogP contribution in [0.3, 0.4) is 0 Å². The predicted molar refractivity (Wildman–Crippen MR) is 61.5 cm³/mol. The van der Waals surface area contributed by atoms with Crippen molar-refractivity contribution in [2.45, 2.75) is 13.1 Å². The van der Waals surface area contributed by atoms with E-state index >= 15 is 0 Å². The van der Waals surface area contributed by atoms with Crippen LogP contribution in [0.25, 0.3) is 11.1 Å². The third kappa shape index (κ3) is 2.59. The van der Waals surface area contributed by atoms with Crippen molar-refractivity contribution in [1.29, 1.82) is 0 Å². The van der Waals surface area contributed by atoms with Crippen molar-refractivity contribution in [2.24, 2.45) is 0 Å². The molecule has 5 heteroatoms. The minimum Gasteiger partial charge on any atom is -0.207 e. The van der Waals surface area contributed by atoms with Gasteiger partial charge in [-0.05, 0) is 36.2 Å². The molecule has 0 heterocycles. The van der Waals surface area contributed by atoms with Crippen molar-refractivity contribution in [2.75, 3.05) is 0 Å². The molecule has 0 aliphatic carbocycles. The predicted octanol–water partition coefficient (Wildman–Crippen LogP) is 4.96. The number of hydrogen-bond donors (Lipinski definition) is 0. The van der Waals surface area contributed by atoms with Gasteiger partial charge in [0.15, 0.2) is 0 Å². The van der Waals surface area contributed by atoms with Crippen LogP contribution in [-0.2, 0) is 6.18 Å². The molecule has 0 atom stereocenters. The number of halogens is 5. The van der Waals surface area contributed by atoms with Gasteiger partial charge in [-0.15, -0.1) is 0 Å². The molecule has 0 N–H and O–H groups in total. The highest BCUT2D eigenvalue weighted by atomic mass is 19.4. The molecule has 0 aliphatic rings. The highest BCUT2D eigenvalue weighted by molar-refractivity contribution is 5.68. The summed E-state index contributed by atoms with van der Waals surface area (Å²) in [6.45, 7) is 1.23. The Labute approximate surface area is 106 Å². The van der Waals surface area contributed by atoms with Crippen LogP contribution in [-0.4, -0.2) is 0 Å². The maximum absolute atomic E-state index is 13.4. The second kappa shape index (κ2) is 4.64. The van der Waals surface area contributed by atoms with Gasteiger partial charge in [0, 0.05) is 5.56 Å². The van der Waals surface area contributed by atoms with E-state index in [-0.39, 0.29) is 16.7 Å². The Balaban J connectivity index is 2.67. The van der Waals surface area contributed by atoms with Crippen LogP contribution < -0.4 is 0 Å². The van der Waals surface area contributed by atoms with E-state index in [2.05, 4.69) is 0 Å². The summed E-state index contributed by atoms with van der Waals surface area (Å²) in [6, 6.07) is 6.50. The van der Waals surface area contributed by atoms with Gasteiger partial charge in [0.05, 0.1) is 5.56 Å². The first-order chi connectivity index (χ1) is 8.80. The lowest BCUT2D eigenvalue weighted by Gasteiger charge is -2.13. The van der Waals surface area contributed by atoms with Crippen LogP contribution in [0.4, 0.5) is 22.0 Å². The van der Waals surface area contributed by atoms with E-state index in [9.17, 15) is 22.0 Å². The fourth-order valence-corrected chi connectivity index (χ4v) is 1.78. The Morgan fingerprint density at radius 1 is 0.895 bits per heavy atom. The number of benzene rings is 2. The van der Waals surface area contributed by atoms with E-state index in [1.54, 1.807) is 0 Å². The SMILES string of the molecule is Cc1c(F)cc(-c2ccccc2C(F)(F)F)cc1F. The lowest BCUT2D eigenvalue weighted by atomic mass is 9.98. The highest BCUT2D eigenvalue weighted by Gasteiger charge is 2.33.